The molecule has 0 saturated carbocycles. The normalized spacial score (nSPS) is 21.1. The first-order valence-electron chi connectivity index (χ1n) is 9.40. The van der Waals surface area contributed by atoms with E-state index in [9.17, 15) is 16.8 Å². The zero-order valence-electron chi connectivity index (χ0n) is 16.7. The van der Waals surface area contributed by atoms with Gasteiger partial charge in [-0.1, -0.05) is 13.8 Å². The maximum Gasteiger partial charge on any atom is 0.177 e. The fourth-order valence-corrected chi connectivity index (χ4v) is 5.35. The second kappa shape index (κ2) is 7.55. The average Bonchev–Trinajstić information content (AvgIpc) is 3.09. The number of nitrogens with zero attached hydrogens (tertiary/aromatic N) is 1. The summed E-state index contributed by atoms with van der Waals surface area (Å²) in [6, 6.07) is 8.19. The lowest BCUT2D eigenvalue weighted by molar-refractivity contribution is 0.321. The zero-order valence-corrected chi connectivity index (χ0v) is 18.3. The molecule has 1 aromatic carbocycles. The number of furan rings is 1. The van der Waals surface area contributed by atoms with Gasteiger partial charge in [-0.2, -0.15) is 0 Å². The van der Waals surface area contributed by atoms with Gasteiger partial charge in [-0.05, 0) is 49.1 Å². The van der Waals surface area contributed by atoms with Gasteiger partial charge in [0.1, 0.15) is 11.5 Å². The van der Waals surface area contributed by atoms with Gasteiger partial charge in [-0.15, -0.1) is 0 Å². The topological polar surface area (TPSA) is 84.7 Å². The van der Waals surface area contributed by atoms with Crippen molar-refractivity contribution in [3.8, 4) is 0 Å². The van der Waals surface area contributed by atoms with Gasteiger partial charge in [0.25, 0.3) is 0 Å². The smallest absolute Gasteiger partial charge is 0.177 e. The molecule has 3 rings (SSSR count). The fraction of sp³-hybridized carbons (Fsp3) is 0.500. The molecule has 1 aromatic heterocycles. The van der Waals surface area contributed by atoms with Crippen LogP contribution in [0.4, 0.5) is 5.69 Å². The number of hydrogen-bond acceptors (Lipinski definition) is 6. The zero-order chi connectivity index (χ0) is 20.7. The van der Waals surface area contributed by atoms with Crippen molar-refractivity contribution in [3.05, 3.63) is 41.9 Å². The second-order valence-corrected chi connectivity index (χ2v) is 11.7. The van der Waals surface area contributed by atoms with Gasteiger partial charge < -0.3 is 9.32 Å². The summed E-state index contributed by atoms with van der Waals surface area (Å²) >= 11 is 0. The van der Waals surface area contributed by atoms with Crippen molar-refractivity contribution in [2.75, 3.05) is 24.0 Å². The minimum Gasteiger partial charge on any atom is -0.464 e. The molecule has 0 radical (unpaired) electrons. The van der Waals surface area contributed by atoms with Crippen molar-refractivity contribution in [1.29, 1.82) is 0 Å². The molecule has 1 aliphatic heterocycles. The number of anilines is 1. The summed E-state index contributed by atoms with van der Waals surface area (Å²) < 4.78 is 54.8. The molecule has 2 unspecified atom stereocenters. The van der Waals surface area contributed by atoms with Gasteiger partial charge >= 0.3 is 0 Å². The van der Waals surface area contributed by atoms with Crippen LogP contribution in [0.25, 0.3) is 0 Å². The molecule has 0 amide bonds. The Balaban J connectivity index is 2.13. The maximum atomic E-state index is 12.5. The monoisotopic (exact) mass is 425 g/mol. The molecule has 0 aliphatic carbocycles. The van der Waals surface area contributed by atoms with E-state index in [1.54, 1.807) is 6.07 Å². The molecule has 154 valence electrons. The quantitative estimate of drug-likeness (QED) is 0.727. The Morgan fingerprint density at radius 1 is 1.07 bits per heavy atom. The van der Waals surface area contributed by atoms with Gasteiger partial charge in [0.05, 0.1) is 21.5 Å². The maximum absolute atomic E-state index is 12.5. The summed E-state index contributed by atoms with van der Waals surface area (Å²) in [4.78, 5) is 2.09. The number of piperidine rings is 1. The highest BCUT2D eigenvalue weighted by Gasteiger charge is 2.33. The van der Waals surface area contributed by atoms with Crippen LogP contribution >= 0.6 is 0 Å². The summed E-state index contributed by atoms with van der Waals surface area (Å²) in [5.74, 6) is 2.19. The molecule has 1 fully saturated rings. The molecular weight excluding hydrogens is 398 g/mol. The minimum absolute atomic E-state index is 0.00451. The molecule has 2 atom stereocenters. The Bertz CT molecular complexity index is 1070. The Labute approximate surface area is 167 Å². The van der Waals surface area contributed by atoms with Gasteiger partial charge in [0.2, 0.25) is 0 Å². The lowest BCUT2D eigenvalue weighted by Gasteiger charge is -2.40. The van der Waals surface area contributed by atoms with Crippen LogP contribution in [-0.2, 0) is 26.1 Å². The van der Waals surface area contributed by atoms with Crippen molar-refractivity contribution in [3.63, 3.8) is 0 Å². The van der Waals surface area contributed by atoms with E-state index in [4.69, 9.17) is 4.42 Å². The highest BCUT2D eigenvalue weighted by atomic mass is 32.2. The summed E-state index contributed by atoms with van der Waals surface area (Å²) in [6.07, 6.45) is 4.75. The predicted octanol–water partition coefficient (Wildman–Crippen LogP) is 3.63. The number of hydrogen-bond donors (Lipinski definition) is 0. The second-order valence-electron chi connectivity index (χ2n) is 7.67. The van der Waals surface area contributed by atoms with Crippen LogP contribution in [0.3, 0.4) is 0 Å². The minimum atomic E-state index is -3.62. The molecule has 0 spiro atoms. The van der Waals surface area contributed by atoms with Gasteiger partial charge in [-0.25, -0.2) is 16.8 Å². The molecule has 2 heterocycles. The highest BCUT2D eigenvalue weighted by Crippen LogP contribution is 2.41. The Morgan fingerprint density at radius 2 is 1.79 bits per heavy atom. The van der Waals surface area contributed by atoms with Crippen molar-refractivity contribution in [2.24, 2.45) is 5.92 Å². The van der Waals surface area contributed by atoms with E-state index in [-0.39, 0.29) is 15.8 Å². The Hall–Kier alpha value is -1.80. The average molecular weight is 426 g/mol. The van der Waals surface area contributed by atoms with Crippen LogP contribution in [0.5, 0.6) is 0 Å². The highest BCUT2D eigenvalue weighted by molar-refractivity contribution is 7.91. The number of benzene rings is 1. The molecule has 8 heteroatoms. The first kappa shape index (κ1) is 20.9. The van der Waals surface area contributed by atoms with E-state index < -0.39 is 19.7 Å². The van der Waals surface area contributed by atoms with E-state index in [0.717, 1.165) is 43.3 Å². The molecule has 0 bridgehead atoms. The SMILES string of the molecule is CCc1ccc(C2CC(C)CCN2c2ccc(S(C)(=O)=O)cc2S(C)(=O)=O)o1. The number of rotatable bonds is 5. The van der Waals surface area contributed by atoms with Crippen LogP contribution < -0.4 is 4.90 Å². The Morgan fingerprint density at radius 3 is 2.36 bits per heavy atom. The summed E-state index contributed by atoms with van der Waals surface area (Å²) in [7, 11) is -7.13. The molecule has 1 saturated heterocycles. The van der Waals surface area contributed by atoms with Crippen molar-refractivity contribution in [2.45, 2.75) is 48.9 Å². The van der Waals surface area contributed by atoms with Crippen LogP contribution in [-0.4, -0.2) is 35.9 Å². The molecule has 6 nitrogen and oxygen atoms in total. The summed E-state index contributed by atoms with van der Waals surface area (Å²) in [6.45, 7) is 4.88. The van der Waals surface area contributed by atoms with Crippen LogP contribution in [0.1, 0.15) is 44.3 Å². The van der Waals surface area contributed by atoms with Crippen LogP contribution in [0.2, 0.25) is 0 Å². The number of sulfone groups is 2. The van der Waals surface area contributed by atoms with E-state index in [2.05, 4.69) is 6.92 Å². The first-order valence-corrected chi connectivity index (χ1v) is 13.2. The summed E-state index contributed by atoms with van der Waals surface area (Å²) in [5, 5.41) is 0. The van der Waals surface area contributed by atoms with Gasteiger partial charge in [-0.3, -0.25) is 0 Å². The van der Waals surface area contributed by atoms with Crippen LogP contribution in [0.15, 0.2) is 44.5 Å². The van der Waals surface area contributed by atoms with E-state index in [1.165, 1.54) is 12.1 Å². The predicted molar refractivity (Wildman–Crippen MR) is 109 cm³/mol. The lowest BCUT2D eigenvalue weighted by Crippen LogP contribution is -2.37. The van der Waals surface area contributed by atoms with Gasteiger partial charge in [0, 0.05) is 25.5 Å². The number of aryl methyl sites for hydroxylation is 1. The molecular formula is C20H27NO5S2. The fourth-order valence-electron chi connectivity index (χ4n) is 3.72. The van der Waals surface area contributed by atoms with E-state index >= 15 is 0 Å². The lowest BCUT2D eigenvalue weighted by atomic mass is 9.90. The summed E-state index contributed by atoms with van der Waals surface area (Å²) in [5.41, 5.74) is 0.529. The third kappa shape index (κ3) is 4.27. The Kier molecular flexibility index (Phi) is 5.64. The molecule has 2 aromatic rings. The van der Waals surface area contributed by atoms with Crippen molar-refractivity contribution >= 4 is 25.4 Å². The van der Waals surface area contributed by atoms with E-state index in [0.29, 0.717) is 18.2 Å². The molecule has 28 heavy (non-hydrogen) atoms. The van der Waals surface area contributed by atoms with Crippen LogP contribution in [0, 0.1) is 5.92 Å². The van der Waals surface area contributed by atoms with E-state index in [1.807, 2.05) is 24.0 Å². The van der Waals surface area contributed by atoms with Crippen molar-refractivity contribution in [1.82, 2.24) is 0 Å². The molecule has 1 aliphatic rings. The third-order valence-corrected chi connectivity index (χ3v) is 7.53. The first-order chi connectivity index (χ1) is 13.0. The third-order valence-electron chi connectivity index (χ3n) is 5.29. The largest absolute Gasteiger partial charge is 0.464 e. The molecule has 0 N–H and O–H groups in total. The van der Waals surface area contributed by atoms with Crippen molar-refractivity contribution < 1.29 is 21.3 Å². The van der Waals surface area contributed by atoms with Gasteiger partial charge in [0.15, 0.2) is 19.7 Å². The standard InChI is InChI=1S/C20H27NO5S2/c1-5-15-6-9-19(26-15)18-12-14(2)10-11-21(18)17-8-7-16(27(3,22)23)13-20(17)28(4,24)25/h6-9,13-14,18H,5,10-12H2,1-4H3.